The molecule has 1 saturated carbocycles. The van der Waals surface area contributed by atoms with Gasteiger partial charge in [-0.3, -0.25) is 13.8 Å². The molecule has 2 heterocycles. The normalized spacial score (nSPS) is 17.0. The predicted molar refractivity (Wildman–Crippen MR) is 177 cm³/mol. The first-order valence-electron chi connectivity index (χ1n) is 15.1. The third-order valence-electron chi connectivity index (χ3n) is 7.13. The topological polar surface area (TPSA) is 92.9 Å². The zero-order valence-corrected chi connectivity index (χ0v) is 29.2. The largest absolute Gasteiger partial charge is 0.469 e. The van der Waals surface area contributed by atoms with Crippen molar-refractivity contribution < 1.29 is 27.5 Å². The fourth-order valence-corrected chi connectivity index (χ4v) is 6.82. The van der Waals surface area contributed by atoms with Crippen LogP contribution in [-0.2, 0) is 43.4 Å². The molecule has 240 valence electrons. The molecule has 1 aliphatic carbocycles. The van der Waals surface area contributed by atoms with E-state index in [-0.39, 0.29) is 35.7 Å². The van der Waals surface area contributed by atoms with Gasteiger partial charge in [-0.2, -0.15) is 4.98 Å². The maximum atomic E-state index is 12.4. The molecule has 2 atom stereocenters. The lowest BCUT2D eigenvalue weighted by atomic mass is 10.1. The lowest BCUT2D eigenvalue weighted by Crippen LogP contribution is -2.10. The van der Waals surface area contributed by atoms with Gasteiger partial charge in [-0.1, -0.05) is 69.7 Å². The molecule has 0 radical (unpaired) electrons. The van der Waals surface area contributed by atoms with Gasteiger partial charge in [0.1, 0.15) is 18.2 Å². The van der Waals surface area contributed by atoms with Gasteiger partial charge in [0.25, 0.3) is 0 Å². The highest BCUT2D eigenvalue weighted by atomic mass is 32.5. The van der Waals surface area contributed by atoms with Gasteiger partial charge in [0.15, 0.2) is 0 Å². The predicted octanol–water partition coefficient (Wildman–Crippen LogP) is 8.74. The van der Waals surface area contributed by atoms with Crippen molar-refractivity contribution in [1.29, 1.82) is 0 Å². The summed E-state index contributed by atoms with van der Waals surface area (Å²) in [6.45, 7) is 16.4. The van der Waals surface area contributed by atoms with Crippen molar-refractivity contribution in [1.82, 2.24) is 9.97 Å². The van der Waals surface area contributed by atoms with Crippen LogP contribution in [0.25, 0.3) is 0 Å². The first-order chi connectivity index (χ1) is 20.8. The maximum absolute atomic E-state index is 12.4. The van der Waals surface area contributed by atoms with Crippen molar-refractivity contribution in [3.05, 3.63) is 88.8 Å². The standard InChI is InChI=1S/C22H26O3.C12H21N2O3PS/c1-15(2)10-19-20(22(19,3)4)21(23)25-14-17-12-18(24-13-17)11-16-8-6-5-7-9-16;1-6-15-18(19,16-7-2)17-11-8-10(5)13-12(14-11)9(3)4/h5-10,12-13,19-20H,11,14H2,1-4H3;8-9H,6-7H2,1-5H3. The molecule has 1 aromatic carbocycles. The van der Waals surface area contributed by atoms with Crippen LogP contribution in [0.15, 0.2) is 64.8 Å². The van der Waals surface area contributed by atoms with Crippen LogP contribution in [0.1, 0.15) is 89.7 Å². The van der Waals surface area contributed by atoms with Gasteiger partial charge in [0, 0.05) is 41.5 Å². The molecule has 0 saturated heterocycles. The highest BCUT2D eigenvalue weighted by Gasteiger charge is 2.61. The summed E-state index contributed by atoms with van der Waals surface area (Å²) >= 11 is 5.32. The number of allylic oxidation sites excluding steroid dienone is 2. The smallest absolute Gasteiger partial charge is 0.381 e. The number of furan rings is 1. The Morgan fingerprint density at radius 1 is 1.07 bits per heavy atom. The summed E-state index contributed by atoms with van der Waals surface area (Å²) in [4.78, 5) is 21.1. The second-order valence-corrected chi connectivity index (χ2v) is 14.9. The van der Waals surface area contributed by atoms with E-state index >= 15 is 0 Å². The number of benzene rings is 1. The number of ether oxygens (including phenoxy) is 1. The summed E-state index contributed by atoms with van der Waals surface area (Å²) < 4.78 is 27.7. The fourth-order valence-electron chi connectivity index (χ4n) is 4.82. The lowest BCUT2D eigenvalue weighted by Gasteiger charge is -2.20. The van der Waals surface area contributed by atoms with Gasteiger partial charge in [-0.05, 0) is 57.6 Å². The second-order valence-electron chi connectivity index (χ2n) is 12.0. The first kappa shape index (κ1) is 35.6. The molecule has 0 N–H and O–H groups in total. The number of hydrogen-bond donors (Lipinski definition) is 0. The molecule has 2 unspecified atom stereocenters. The van der Waals surface area contributed by atoms with Gasteiger partial charge >= 0.3 is 12.7 Å². The maximum Gasteiger partial charge on any atom is 0.381 e. The van der Waals surface area contributed by atoms with E-state index in [2.05, 4.69) is 55.9 Å². The molecule has 0 spiro atoms. The van der Waals surface area contributed by atoms with Crippen molar-refractivity contribution in [2.75, 3.05) is 13.2 Å². The number of aromatic nitrogens is 2. The van der Waals surface area contributed by atoms with E-state index in [9.17, 15) is 4.79 Å². The average Bonchev–Trinajstić information content (AvgIpc) is 3.23. The van der Waals surface area contributed by atoms with Crippen molar-refractivity contribution >= 4 is 24.5 Å². The fraction of sp³-hybridized carbons (Fsp3) is 0.500. The SMILES string of the molecule is CC(C)=CC1C(C(=O)OCc2coc(Cc3ccccc3)c2)C1(C)C.CCOP(=S)(OCC)Oc1cc(C)nc(C(C)C)n1. The monoisotopic (exact) mass is 642 g/mol. The number of carbonyl (C=O) groups is 1. The zero-order chi connectivity index (χ0) is 32.5. The third kappa shape index (κ3) is 10.4. The number of carbonyl (C=O) groups excluding carboxylic acids is 1. The van der Waals surface area contributed by atoms with Crippen LogP contribution in [0.2, 0.25) is 0 Å². The van der Waals surface area contributed by atoms with Gasteiger partial charge in [0.2, 0.25) is 5.88 Å². The van der Waals surface area contributed by atoms with Crippen LogP contribution < -0.4 is 4.52 Å². The molecular formula is C34H47N2O6PS. The number of hydrogen-bond acceptors (Lipinski definition) is 9. The van der Waals surface area contributed by atoms with Gasteiger partial charge in [0.05, 0.1) is 25.4 Å². The van der Waals surface area contributed by atoms with E-state index in [1.165, 1.54) is 11.1 Å². The van der Waals surface area contributed by atoms with E-state index in [0.29, 0.717) is 19.1 Å². The van der Waals surface area contributed by atoms with E-state index in [4.69, 9.17) is 34.5 Å². The Bertz CT molecular complexity index is 1440. The minimum Gasteiger partial charge on any atom is -0.469 e. The first-order valence-corrected chi connectivity index (χ1v) is 17.7. The Balaban J connectivity index is 0.000000251. The average molecular weight is 643 g/mol. The molecule has 44 heavy (non-hydrogen) atoms. The summed E-state index contributed by atoms with van der Waals surface area (Å²) in [5.74, 6) is 2.37. The molecule has 2 aromatic heterocycles. The summed E-state index contributed by atoms with van der Waals surface area (Å²) in [6, 6.07) is 13.9. The van der Waals surface area contributed by atoms with Crippen molar-refractivity contribution in [2.45, 2.75) is 81.3 Å². The second kappa shape index (κ2) is 15.9. The minimum absolute atomic E-state index is 0.0107. The molecule has 0 aliphatic heterocycles. The molecule has 3 aromatic rings. The Morgan fingerprint density at radius 3 is 2.32 bits per heavy atom. The van der Waals surface area contributed by atoms with Gasteiger partial charge in [-0.25, -0.2) is 4.98 Å². The molecule has 4 rings (SSSR count). The van der Waals surface area contributed by atoms with Crippen molar-refractivity contribution in [3.8, 4) is 5.88 Å². The number of aryl methyl sites for hydroxylation is 1. The molecule has 1 aliphatic rings. The highest BCUT2D eigenvalue weighted by molar-refractivity contribution is 8.07. The summed E-state index contributed by atoms with van der Waals surface area (Å²) in [6.07, 6.45) is 4.60. The molecule has 8 nitrogen and oxygen atoms in total. The minimum atomic E-state index is -2.77. The van der Waals surface area contributed by atoms with Crippen LogP contribution in [0, 0.1) is 24.2 Å². The van der Waals surface area contributed by atoms with E-state index in [1.807, 2.05) is 58.9 Å². The Hall–Kier alpha value is -2.84. The molecule has 0 bridgehead atoms. The Kier molecular flexibility index (Phi) is 12.9. The van der Waals surface area contributed by atoms with Crippen molar-refractivity contribution in [2.24, 2.45) is 17.3 Å². The molecule has 1 fully saturated rings. The van der Waals surface area contributed by atoms with Crippen LogP contribution in [0.5, 0.6) is 5.88 Å². The van der Waals surface area contributed by atoms with Crippen LogP contribution in [0.4, 0.5) is 0 Å². The van der Waals surface area contributed by atoms with E-state index < -0.39 is 6.72 Å². The lowest BCUT2D eigenvalue weighted by molar-refractivity contribution is -0.147. The van der Waals surface area contributed by atoms with Gasteiger partial charge < -0.3 is 13.7 Å². The molecular weight excluding hydrogens is 595 g/mol. The zero-order valence-electron chi connectivity index (χ0n) is 27.5. The quantitative estimate of drug-likeness (QED) is 0.103. The number of nitrogens with zero attached hydrogens (tertiary/aromatic N) is 2. The van der Waals surface area contributed by atoms with E-state index in [0.717, 1.165) is 29.3 Å². The molecule has 10 heteroatoms. The van der Waals surface area contributed by atoms with Crippen molar-refractivity contribution in [3.63, 3.8) is 0 Å². The summed E-state index contributed by atoms with van der Waals surface area (Å²) in [7, 11) is 0. The highest BCUT2D eigenvalue weighted by Crippen LogP contribution is 2.59. The summed E-state index contributed by atoms with van der Waals surface area (Å²) in [5, 5.41) is 0. The number of rotatable bonds is 13. The summed E-state index contributed by atoms with van der Waals surface area (Å²) in [5.41, 5.74) is 4.17. The van der Waals surface area contributed by atoms with Gasteiger partial charge in [-0.15, -0.1) is 0 Å². The Morgan fingerprint density at radius 2 is 1.73 bits per heavy atom. The van der Waals surface area contributed by atoms with E-state index in [1.54, 1.807) is 12.3 Å². The van der Waals surface area contributed by atoms with Crippen LogP contribution in [0.3, 0.4) is 0 Å². The van der Waals surface area contributed by atoms with Crippen LogP contribution in [-0.4, -0.2) is 29.2 Å². The molecule has 0 amide bonds. The van der Waals surface area contributed by atoms with Crippen LogP contribution >= 0.6 is 6.72 Å². The Labute approximate surface area is 267 Å². The third-order valence-corrected chi connectivity index (χ3v) is 9.55. The number of esters is 1.